The maximum absolute atomic E-state index is 12.1. The Balaban J connectivity index is 1.48. The molecule has 2 aromatic carbocycles. The number of urea groups is 1. The zero-order valence-corrected chi connectivity index (χ0v) is 15.5. The summed E-state index contributed by atoms with van der Waals surface area (Å²) in [7, 11) is 0. The van der Waals surface area contributed by atoms with Gasteiger partial charge in [0.05, 0.1) is 0 Å². The first-order valence-electron chi connectivity index (χ1n) is 8.92. The number of amides is 2. The Labute approximate surface area is 159 Å². The number of anilines is 1. The summed E-state index contributed by atoms with van der Waals surface area (Å²) in [5, 5.41) is 5.70. The van der Waals surface area contributed by atoms with E-state index in [2.05, 4.69) is 29.5 Å². The molecular formula is C22H23N3O2. The molecule has 27 heavy (non-hydrogen) atoms. The summed E-state index contributed by atoms with van der Waals surface area (Å²) >= 11 is 0. The zero-order valence-electron chi connectivity index (χ0n) is 15.5. The normalized spacial score (nSPS) is 10.5. The Morgan fingerprint density at radius 2 is 1.56 bits per heavy atom. The Morgan fingerprint density at radius 1 is 0.926 bits per heavy atom. The number of carbonyl (C=O) groups excluding carboxylic acids is 1. The molecule has 1 aromatic heterocycles. The van der Waals surface area contributed by atoms with Gasteiger partial charge in [-0.1, -0.05) is 38.1 Å². The summed E-state index contributed by atoms with van der Waals surface area (Å²) in [6, 6.07) is 18.9. The van der Waals surface area contributed by atoms with Crippen LogP contribution in [0, 0.1) is 0 Å². The molecule has 1 heterocycles. The van der Waals surface area contributed by atoms with E-state index in [0.29, 0.717) is 12.5 Å². The molecule has 0 saturated heterocycles. The molecule has 0 radical (unpaired) electrons. The highest BCUT2D eigenvalue weighted by molar-refractivity contribution is 5.89. The topological polar surface area (TPSA) is 63.2 Å². The largest absolute Gasteiger partial charge is 0.457 e. The van der Waals surface area contributed by atoms with Crippen LogP contribution >= 0.6 is 0 Å². The molecule has 2 amide bonds. The molecule has 3 aromatic rings. The van der Waals surface area contributed by atoms with Crippen LogP contribution in [0.2, 0.25) is 0 Å². The smallest absolute Gasteiger partial charge is 0.319 e. The number of carbonyl (C=O) groups is 1. The molecule has 2 N–H and O–H groups in total. The van der Waals surface area contributed by atoms with Crippen LogP contribution in [-0.4, -0.2) is 11.0 Å². The van der Waals surface area contributed by atoms with Crippen molar-refractivity contribution < 1.29 is 9.53 Å². The van der Waals surface area contributed by atoms with Crippen molar-refractivity contribution in [3.8, 4) is 11.5 Å². The predicted octanol–water partition coefficient (Wildman–Crippen LogP) is 5.32. The lowest BCUT2D eigenvalue weighted by molar-refractivity contribution is 0.251. The van der Waals surface area contributed by atoms with Crippen LogP contribution in [0.3, 0.4) is 0 Å². The van der Waals surface area contributed by atoms with Crippen molar-refractivity contribution in [2.24, 2.45) is 0 Å². The number of hydrogen-bond acceptors (Lipinski definition) is 3. The summed E-state index contributed by atoms with van der Waals surface area (Å²) in [6.07, 6.45) is 3.37. The second kappa shape index (κ2) is 8.85. The Morgan fingerprint density at radius 3 is 2.19 bits per heavy atom. The molecule has 0 spiro atoms. The SMILES string of the molecule is CC(C)c1ccc(NC(=O)NCc2ccc(Oc3ccncc3)cc2)cc1. The molecule has 0 saturated carbocycles. The molecule has 0 atom stereocenters. The van der Waals surface area contributed by atoms with Crippen LogP contribution in [0.25, 0.3) is 0 Å². The highest BCUT2D eigenvalue weighted by Crippen LogP contribution is 2.21. The second-order valence-electron chi connectivity index (χ2n) is 6.51. The number of nitrogens with one attached hydrogen (secondary N) is 2. The zero-order chi connectivity index (χ0) is 19.1. The van der Waals surface area contributed by atoms with Crippen LogP contribution in [0.1, 0.15) is 30.9 Å². The maximum atomic E-state index is 12.1. The Bertz CT molecular complexity index is 860. The summed E-state index contributed by atoms with van der Waals surface area (Å²) in [5.41, 5.74) is 3.01. The van der Waals surface area contributed by atoms with Crippen LogP contribution in [0.5, 0.6) is 11.5 Å². The van der Waals surface area contributed by atoms with E-state index in [9.17, 15) is 4.79 Å². The molecule has 0 fully saturated rings. The van der Waals surface area contributed by atoms with E-state index < -0.39 is 0 Å². The number of ether oxygens (including phenoxy) is 1. The predicted molar refractivity (Wildman–Crippen MR) is 107 cm³/mol. The van der Waals surface area contributed by atoms with Crippen LogP contribution < -0.4 is 15.4 Å². The molecule has 0 bridgehead atoms. The van der Waals surface area contributed by atoms with Gasteiger partial charge in [-0.15, -0.1) is 0 Å². The molecular weight excluding hydrogens is 338 g/mol. The van der Waals surface area contributed by atoms with Crippen molar-refractivity contribution in [2.45, 2.75) is 26.3 Å². The number of aromatic nitrogens is 1. The van der Waals surface area contributed by atoms with E-state index in [1.165, 1.54) is 5.56 Å². The van der Waals surface area contributed by atoms with Crippen LogP contribution in [0.15, 0.2) is 73.1 Å². The van der Waals surface area contributed by atoms with Gasteiger partial charge in [0, 0.05) is 24.6 Å². The fourth-order valence-electron chi connectivity index (χ4n) is 2.53. The highest BCUT2D eigenvalue weighted by Gasteiger charge is 2.04. The van der Waals surface area contributed by atoms with Crippen molar-refractivity contribution in [3.05, 3.63) is 84.2 Å². The minimum Gasteiger partial charge on any atom is -0.457 e. The fraction of sp³-hybridized carbons (Fsp3) is 0.182. The maximum Gasteiger partial charge on any atom is 0.319 e. The average molecular weight is 361 g/mol. The van der Waals surface area contributed by atoms with Gasteiger partial charge >= 0.3 is 6.03 Å². The van der Waals surface area contributed by atoms with Gasteiger partial charge in [-0.3, -0.25) is 4.98 Å². The van der Waals surface area contributed by atoms with Gasteiger partial charge in [-0.25, -0.2) is 4.79 Å². The van der Waals surface area contributed by atoms with Gasteiger partial charge in [0.15, 0.2) is 0 Å². The third-order valence-corrected chi connectivity index (χ3v) is 4.10. The standard InChI is InChI=1S/C22H23N3O2/c1-16(2)18-5-7-19(8-6-18)25-22(26)24-15-17-3-9-20(10-4-17)27-21-11-13-23-14-12-21/h3-14,16H,15H2,1-2H3,(H2,24,25,26). The van der Waals surface area contributed by atoms with Crippen molar-refractivity contribution in [1.29, 1.82) is 0 Å². The van der Waals surface area contributed by atoms with Gasteiger partial charge in [-0.05, 0) is 53.4 Å². The lowest BCUT2D eigenvalue weighted by Gasteiger charge is -2.10. The van der Waals surface area contributed by atoms with E-state index >= 15 is 0 Å². The Kier molecular flexibility index (Phi) is 6.05. The lowest BCUT2D eigenvalue weighted by Crippen LogP contribution is -2.28. The van der Waals surface area contributed by atoms with E-state index in [1.54, 1.807) is 24.5 Å². The monoisotopic (exact) mass is 361 g/mol. The van der Waals surface area contributed by atoms with Gasteiger partial charge in [-0.2, -0.15) is 0 Å². The first-order valence-corrected chi connectivity index (χ1v) is 8.92. The highest BCUT2D eigenvalue weighted by atomic mass is 16.5. The third-order valence-electron chi connectivity index (χ3n) is 4.10. The number of nitrogens with zero attached hydrogens (tertiary/aromatic N) is 1. The minimum atomic E-state index is -0.232. The van der Waals surface area contributed by atoms with Gasteiger partial charge in [0.1, 0.15) is 11.5 Å². The van der Waals surface area contributed by atoms with Gasteiger partial charge < -0.3 is 15.4 Å². The van der Waals surface area contributed by atoms with Crippen molar-refractivity contribution in [1.82, 2.24) is 10.3 Å². The first kappa shape index (κ1) is 18.5. The van der Waals surface area contributed by atoms with Crippen molar-refractivity contribution in [3.63, 3.8) is 0 Å². The summed E-state index contributed by atoms with van der Waals surface area (Å²) in [4.78, 5) is 16.0. The fourth-order valence-corrected chi connectivity index (χ4v) is 2.53. The summed E-state index contributed by atoms with van der Waals surface area (Å²) < 4.78 is 5.72. The molecule has 0 aliphatic rings. The van der Waals surface area contributed by atoms with Crippen LogP contribution in [-0.2, 0) is 6.54 Å². The Hall–Kier alpha value is -3.34. The molecule has 0 unspecified atom stereocenters. The van der Waals surface area contributed by atoms with Gasteiger partial charge in [0.25, 0.3) is 0 Å². The van der Waals surface area contributed by atoms with E-state index in [1.807, 2.05) is 48.5 Å². The molecule has 5 nitrogen and oxygen atoms in total. The number of pyridine rings is 1. The van der Waals surface area contributed by atoms with Crippen molar-refractivity contribution >= 4 is 11.7 Å². The number of benzene rings is 2. The van der Waals surface area contributed by atoms with E-state index in [0.717, 1.165) is 22.7 Å². The number of hydrogen-bond donors (Lipinski definition) is 2. The number of rotatable bonds is 6. The third kappa shape index (κ3) is 5.57. The van der Waals surface area contributed by atoms with E-state index in [4.69, 9.17) is 4.74 Å². The van der Waals surface area contributed by atoms with Gasteiger partial charge in [0.2, 0.25) is 0 Å². The molecule has 0 aliphatic heterocycles. The van der Waals surface area contributed by atoms with Crippen LogP contribution in [0.4, 0.5) is 10.5 Å². The lowest BCUT2D eigenvalue weighted by atomic mass is 10.0. The molecule has 3 rings (SSSR count). The molecule has 5 heteroatoms. The summed E-state index contributed by atoms with van der Waals surface area (Å²) in [6.45, 7) is 4.72. The van der Waals surface area contributed by atoms with E-state index in [-0.39, 0.29) is 6.03 Å². The molecule has 138 valence electrons. The quantitative estimate of drug-likeness (QED) is 0.625. The average Bonchev–Trinajstić information content (AvgIpc) is 2.69. The van der Waals surface area contributed by atoms with Crippen molar-refractivity contribution in [2.75, 3.05) is 5.32 Å². The molecule has 0 aliphatic carbocycles. The first-order chi connectivity index (χ1) is 13.1. The minimum absolute atomic E-state index is 0.232. The summed E-state index contributed by atoms with van der Waals surface area (Å²) in [5.74, 6) is 1.94. The second-order valence-corrected chi connectivity index (χ2v) is 6.51.